The molecule has 0 radical (unpaired) electrons. The van der Waals surface area contributed by atoms with E-state index < -0.39 is 5.97 Å². The van der Waals surface area contributed by atoms with Crippen molar-refractivity contribution in [1.82, 2.24) is 5.32 Å². The van der Waals surface area contributed by atoms with Crippen LogP contribution in [0.3, 0.4) is 0 Å². The second-order valence-corrected chi connectivity index (χ2v) is 5.29. The molecule has 0 fully saturated rings. The minimum atomic E-state index is -0.742. The minimum Gasteiger partial charge on any atom is -0.497 e. The third-order valence-corrected chi connectivity index (χ3v) is 3.16. The topological polar surface area (TPSA) is 58.6 Å². The number of hydrogen-bond acceptors (Lipinski definition) is 3. The standard InChI is InChI=1S/C15H23NO3/c1-15(2,11-16-9-5-8-14(17)18)12-6-4-7-13(10-12)19-3/h4,6-7,10,16H,5,8-9,11H2,1-3H3,(H,17,18). The van der Waals surface area contributed by atoms with E-state index in [1.54, 1.807) is 7.11 Å². The predicted molar refractivity (Wildman–Crippen MR) is 75.8 cm³/mol. The van der Waals surface area contributed by atoms with E-state index in [0.717, 1.165) is 18.8 Å². The van der Waals surface area contributed by atoms with Gasteiger partial charge in [-0.2, -0.15) is 0 Å². The molecule has 0 aromatic heterocycles. The van der Waals surface area contributed by atoms with E-state index >= 15 is 0 Å². The van der Waals surface area contributed by atoms with Crippen LogP contribution in [0.4, 0.5) is 0 Å². The summed E-state index contributed by atoms with van der Waals surface area (Å²) in [5.74, 6) is 0.116. The van der Waals surface area contributed by atoms with Crippen LogP contribution in [0.5, 0.6) is 5.75 Å². The largest absolute Gasteiger partial charge is 0.497 e. The van der Waals surface area contributed by atoms with Gasteiger partial charge in [-0.05, 0) is 30.7 Å². The summed E-state index contributed by atoms with van der Waals surface area (Å²) < 4.78 is 5.23. The number of ether oxygens (including phenoxy) is 1. The van der Waals surface area contributed by atoms with Crippen molar-refractivity contribution >= 4 is 5.97 Å². The zero-order valence-corrected chi connectivity index (χ0v) is 11.9. The Hall–Kier alpha value is -1.55. The Kier molecular flexibility index (Phi) is 5.83. The highest BCUT2D eigenvalue weighted by Gasteiger charge is 2.20. The van der Waals surface area contributed by atoms with Gasteiger partial charge in [0, 0.05) is 18.4 Å². The van der Waals surface area contributed by atoms with Crippen molar-refractivity contribution in [2.45, 2.75) is 32.1 Å². The number of methoxy groups -OCH3 is 1. The van der Waals surface area contributed by atoms with Crippen molar-refractivity contribution in [3.05, 3.63) is 29.8 Å². The first-order valence-electron chi connectivity index (χ1n) is 6.53. The molecule has 0 saturated carbocycles. The predicted octanol–water partition coefficient (Wildman–Crippen LogP) is 2.43. The number of hydrogen-bond donors (Lipinski definition) is 2. The maximum absolute atomic E-state index is 10.4. The third kappa shape index (κ3) is 5.30. The molecule has 0 aliphatic heterocycles. The van der Waals surface area contributed by atoms with Gasteiger partial charge in [0.05, 0.1) is 7.11 Å². The van der Waals surface area contributed by atoms with Gasteiger partial charge in [-0.1, -0.05) is 26.0 Å². The van der Waals surface area contributed by atoms with Gasteiger partial charge in [0.2, 0.25) is 0 Å². The maximum Gasteiger partial charge on any atom is 0.303 e. The van der Waals surface area contributed by atoms with E-state index in [9.17, 15) is 4.79 Å². The van der Waals surface area contributed by atoms with Crippen LogP contribution in [0, 0.1) is 0 Å². The molecule has 0 spiro atoms. The summed E-state index contributed by atoms with van der Waals surface area (Å²) in [6, 6.07) is 8.04. The molecule has 2 N–H and O–H groups in total. The maximum atomic E-state index is 10.4. The van der Waals surface area contributed by atoms with Gasteiger partial charge in [-0.3, -0.25) is 4.79 Å². The van der Waals surface area contributed by atoms with E-state index in [0.29, 0.717) is 6.42 Å². The highest BCUT2D eigenvalue weighted by molar-refractivity contribution is 5.66. The second-order valence-electron chi connectivity index (χ2n) is 5.29. The van der Waals surface area contributed by atoms with Gasteiger partial charge in [0.15, 0.2) is 0 Å². The molecule has 4 heteroatoms. The van der Waals surface area contributed by atoms with Crippen LogP contribution in [-0.2, 0) is 10.2 Å². The Morgan fingerprint density at radius 2 is 2.16 bits per heavy atom. The number of carboxylic acid groups (broad SMARTS) is 1. The summed E-state index contributed by atoms with van der Waals surface area (Å²) in [7, 11) is 1.66. The van der Waals surface area contributed by atoms with E-state index in [-0.39, 0.29) is 11.8 Å². The molecule has 19 heavy (non-hydrogen) atoms. The van der Waals surface area contributed by atoms with Crippen molar-refractivity contribution in [1.29, 1.82) is 0 Å². The normalized spacial score (nSPS) is 11.3. The first kappa shape index (κ1) is 15.5. The lowest BCUT2D eigenvalue weighted by molar-refractivity contribution is -0.137. The lowest BCUT2D eigenvalue weighted by Crippen LogP contribution is -2.33. The molecular weight excluding hydrogens is 242 g/mol. The molecule has 0 bridgehead atoms. The fourth-order valence-electron chi connectivity index (χ4n) is 1.91. The molecular formula is C15H23NO3. The van der Waals surface area contributed by atoms with Crippen LogP contribution in [0.15, 0.2) is 24.3 Å². The zero-order chi connectivity index (χ0) is 14.3. The highest BCUT2D eigenvalue weighted by atomic mass is 16.5. The summed E-state index contributed by atoms with van der Waals surface area (Å²) in [6.45, 7) is 5.84. The average Bonchev–Trinajstić information content (AvgIpc) is 2.38. The fraction of sp³-hybridized carbons (Fsp3) is 0.533. The van der Waals surface area contributed by atoms with Crippen molar-refractivity contribution in [3.8, 4) is 5.75 Å². The number of carbonyl (C=O) groups is 1. The summed E-state index contributed by atoms with van der Waals surface area (Å²) in [5, 5.41) is 11.9. The fourth-order valence-corrected chi connectivity index (χ4v) is 1.91. The van der Waals surface area contributed by atoms with E-state index in [4.69, 9.17) is 9.84 Å². The lowest BCUT2D eigenvalue weighted by atomic mass is 9.84. The molecule has 1 rings (SSSR count). The first-order valence-corrected chi connectivity index (χ1v) is 6.53. The molecule has 0 unspecified atom stereocenters. The van der Waals surface area contributed by atoms with Crippen molar-refractivity contribution in [2.24, 2.45) is 0 Å². The Bertz CT molecular complexity index is 416. The molecule has 0 heterocycles. The van der Waals surface area contributed by atoms with Gasteiger partial charge in [-0.15, -0.1) is 0 Å². The first-order chi connectivity index (χ1) is 8.95. The van der Waals surface area contributed by atoms with Crippen LogP contribution in [0.25, 0.3) is 0 Å². The van der Waals surface area contributed by atoms with Gasteiger partial charge in [-0.25, -0.2) is 0 Å². The van der Waals surface area contributed by atoms with Crippen LogP contribution in [0.1, 0.15) is 32.3 Å². The summed E-state index contributed by atoms with van der Waals surface area (Å²) in [6.07, 6.45) is 0.871. The summed E-state index contributed by atoms with van der Waals surface area (Å²) in [5.41, 5.74) is 1.19. The number of carboxylic acids is 1. The van der Waals surface area contributed by atoms with Crippen molar-refractivity contribution < 1.29 is 14.6 Å². The number of nitrogens with one attached hydrogen (secondary N) is 1. The number of rotatable bonds is 8. The average molecular weight is 265 g/mol. The smallest absolute Gasteiger partial charge is 0.303 e. The van der Waals surface area contributed by atoms with Crippen LogP contribution in [-0.4, -0.2) is 31.3 Å². The van der Waals surface area contributed by atoms with Gasteiger partial charge in [0.1, 0.15) is 5.75 Å². The SMILES string of the molecule is COc1cccc(C(C)(C)CNCCCC(=O)O)c1. The molecule has 4 nitrogen and oxygen atoms in total. The monoisotopic (exact) mass is 265 g/mol. The molecule has 0 aliphatic carbocycles. The second kappa shape index (κ2) is 7.14. The van der Waals surface area contributed by atoms with Gasteiger partial charge < -0.3 is 15.2 Å². The Morgan fingerprint density at radius 3 is 2.79 bits per heavy atom. The summed E-state index contributed by atoms with van der Waals surface area (Å²) in [4.78, 5) is 10.4. The summed E-state index contributed by atoms with van der Waals surface area (Å²) >= 11 is 0. The lowest BCUT2D eigenvalue weighted by Gasteiger charge is -2.26. The third-order valence-electron chi connectivity index (χ3n) is 3.16. The Balaban J connectivity index is 2.48. The molecule has 1 aromatic rings. The van der Waals surface area contributed by atoms with Gasteiger partial charge in [0.25, 0.3) is 0 Å². The van der Waals surface area contributed by atoms with E-state index in [2.05, 4.69) is 25.2 Å². The Morgan fingerprint density at radius 1 is 1.42 bits per heavy atom. The molecule has 0 aliphatic rings. The number of benzene rings is 1. The zero-order valence-electron chi connectivity index (χ0n) is 11.9. The van der Waals surface area contributed by atoms with Crippen molar-refractivity contribution in [3.63, 3.8) is 0 Å². The van der Waals surface area contributed by atoms with Crippen LogP contribution in [0.2, 0.25) is 0 Å². The van der Waals surface area contributed by atoms with Crippen LogP contribution >= 0.6 is 0 Å². The number of aliphatic carboxylic acids is 1. The Labute approximate surface area is 114 Å². The van der Waals surface area contributed by atoms with Crippen molar-refractivity contribution in [2.75, 3.05) is 20.2 Å². The molecule has 0 atom stereocenters. The molecule has 1 aromatic carbocycles. The quantitative estimate of drug-likeness (QED) is 0.709. The van der Waals surface area contributed by atoms with E-state index in [1.165, 1.54) is 5.56 Å². The van der Waals surface area contributed by atoms with Gasteiger partial charge >= 0.3 is 5.97 Å². The molecule has 0 amide bonds. The highest BCUT2D eigenvalue weighted by Crippen LogP contribution is 2.25. The minimum absolute atomic E-state index is 0.0161. The molecule has 106 valence electrons. The van der Waals surface area contributed by atoms with Crippen LogP contribution < -0.4 is 10.1 Å². The van der Waals surface area contributed by atoms with E-state index in [1.807, 2.05) is 18.2 Å². The molecule has 0 saturated heterocycles.